The zero-order valence-electron chi connectivity index (χ0n) is 13.5. The fourth-order valence-corrected chi connectivity index (χ4v) is 2.22. The molecular formula is C17H17N7O. The Hall–Kier alpha value is -3.52. The fourth-order valence-electron chi connectivity index (χ4n) is 2.22. The lowest BCUT2D eigenvalue weighted by atomic mass is 10.2. The minimum Gasteiger partial charge on any atom is -0.324 e. The molecule has 0 atom stereocenters. The summed E-state index contributed by atoms with van der Waals surface area (Å²) in [6, 6.07) is 10.5. The van der Waals surface area contributed by atoms with Crippen molar-refractivity contribution in [2.75, 3.05) is 10.6 Å². The maximum absolute atomic E-state index is 11.3. The van der Waals surface area contributed by atoms with Gasteiger partial charge in [0.05, 0.1) is 5.69 Å². The summed E-state index contributed by atoms with van der Waals surface area (Å²) in [5, 5.41) is 5.79. The molecule has 0 saturated carbocycles. The summed E-state index contributed by atoms with van der Waals surface area (Å²) in [5.74, 6) is 5.53. The number of urea groups is 1. The second-order valence-electron chi connectivity index (χ2n) is 5.26. The monoisotopic (exact) mass is 335 g/mol. The van der Waals surface area contributed by atoms with Crippen molar-refractivity contribution in [2.45, 2.75) is 6.92 Å². The van der Waals surface area contributed by atoms with E-state index in [9.17, 15) is 4.79 Å². The molecule has 8 heteroatoms. The lowest BCUT2D eigenvalue weighted by Crippen LogP contribution is -2.34. The predicted octanol–water partition coefficient (Wildman–Crippen LogP) is 2.59. The zero-order valence-corrected chi connectivity index (χ0v) is 13.5. The molecule has 0 aliphatic rings. The first-order valence-corrected chi connectivity index (χ1v) is 7.54. The lowest BCUT2D eigenvalue weighted by molar-refractivity contribution is 0.252. The van der Waals surface area contributed by atoms with Gasteiger partial charge in [-0.15, -0.1) is 0 Å². The summed E-state index contributed by atoms with van der Waals surface area (Å²) in [4.78, 5) is 24.2. The Balaban J connectivity index is 1.85. The van der Waals surface area contributed by atoms with E-state index in [0.717, 1.165) is 22.5 Å². The Morgan fingerprint density at radius 2 is 2.04 bits per heavy atom. The van der Waals surface area contributed by atoms with E-state index in [1.54, 1.807) is 30.7 Å². The Morgan fingerprint density at radius 3 is 2.80 bits per heavy atom. The molecule has 2 amide bonds. The summed E-state index contributed by atoms with van der Waals surface area (Å²) in [6.45, 7) is 1.94. The highest BCUT2D eigenvalue weighted by atomic mass is 16.2. The van der Waals surface area contributed by atoms with Crippen molar-refractivity contribution >= 4 is 23.4 Å². The number of carbonyl (C=O) groups is 1. The van der Waals surface area contributed by atoms with Gasteiger partial charge in [0.25, 0.3) is 0 Å². The molecule has 2 aromatic heterocycles. The molecule has 0 unspecified atom stereocenters. The molecule has 25 heavy (non-hydrogen) atoms. The smallest absolute Gasteiger partial charge is 0.324 e. The highest BCUT2D eigenvalue weighted by molar-refractivity contribution is 5.89. The molecule has 2 heterocycles. The van der Waals surface area contributed by atoms with Gasteiger partial charge in [0, 0.05) is 35.5 Å². The Bertz CT molecular complexity index is 883. The SMILES string of the molecule is Cc1ccc(NC(=O)NN)cc1Nc1nccc(-c2cccnc2)n1. The van der Waals surface area contributed by atoms with Crippen LogP contribution >= 0.6 is 0 Å². The fraction of sp³-hybridized carbons (Fsp3) is 0.0588. The van der Waals surface area contributed by atoms with Crippen LogP contribution in [0, 0.1) is 6.92 Å². The van der Waals surface area contributed by atoms with Gasteiger partial charge >= 0.3 is 6.03 Å². The van der Waals surface area contributed by atoms with Crippen LogP contribution in [0.2, 0.25) is 0 Å². The number of aromatic nitrogens is 3. The summed E-state index contributed by atoms with van der Waals surface area (Å²) >= 11 is 0. The third-order valence-electron chi connectivity index (χ3n) is 3.49. The van der Waals surface area contributed by atoms with Crippen LogP contribution in [0.5, 0.6) is 0 Å². The minimum absolute atomic E-state index is 0.449. The zero-order chi connectivity index (χ0) is 17.6. The van der Waals surface area contributed by atoms with Gasteiger partial charge in [0.2, 0.25) is 5.95 Å². The quantitative estimate of drug-likeness (QED) is 0.331. The van der Waals surface area contributed by atoms with Crippen LogP contribution in [-0.4, -0.2) is 21.0 Å². The molecule has 0 bridgehead atoms. The van der Waals surface area contributed by atoms with Gasteiger partial charge in [-0.25, -0.2) is 20.6 Å². The molecule has 0 aliphatic heterocycles. The predicted molar refractivity (Wildman–Crippen MR) is 96.1 cm³/mol. The summed E-state index contributed by atoms with van der Waals surface area (Å²) in [5.41, 5.74) is 6.04. The topological polar surface area (TPSA) is 118 Å². The van der Waals surface area contributed by atoms with Crippen molar-refractivity contribution in [1.82, 2.24) is 20.4 Å². The van der Waals surface area contributed by atoms with Gasteiger partial charge in [0.1, 0.15) is 0 Å². The van der Waals surface area contributed by atoms with Crippen LogP contribution in [0.15, 0.2) is 55.0 Å². The average molecular weight is 335 g/mol. The van der Waals surface area contributed by atoms with E-state index in [1.165, 1.54) is 0 Å². The van der Waals surface area contributed by atoms with Gasteiger partial charge < -0.3 is 10.6 Å². The van der Waals surface area contributed by atoms with Gasteiger partial charge in [-0.3, -0.25) is 10.4 Å². The van der Waals surface area contributed by atoms with Crippen molar-refractivity contribution in [3.63, 3.8) is 0 Å². The molecule has 0 radical (unpaired) electrons. The van der Waals surface area contributed by atoms with Gasteiger partial charge in [-0.05, 0) is 42.8 Å². The number of anilines is 3. The Morgan fingerprint density at radius 1 is 1.16 bits per heavy atom. The molecule has 0 fully saturated rings. The third kappa shape index (κ3) is 4.06. The number of amides is 2. The van der Waals surface area contributed by atoms with E-state index < -0.39 is 6.03 Å². The summed E-state index contributed by atoms with van der Waals surface area (Å²) < 4.78 is 0. The first-order valence-electron chi connectivity index (χ1n) is 7.54. The molecule has 0 saturated heterocycles. The normalized spacial score (nSPS) is 10.2. The standard InChI is InChI=1S/C17H17N7O/c1-11-4-5-13(21-17(25)24-18)9-15(11)23-16-20-8-6-14(22-16)12-3-2-7-19-10-12/h2-10H,18H2,1H3,(H,20,22,23)(H2,21,24,25). The highest BCUT2D eigenvalue weighted by Crippen LogP contribution is 2.24. The number of hydrazine groups is 1. The molecule has 5 N–H and O–H groups in total. The first-order chi connectivity index (χ1) is 12.2. The maximum atomic E-state index is 11.3. The molecule has 3 rings (SSSR count). The van der Waals surface area contributed by atoms with E-state index >= 15 is 0 Å². The number of hydrogen-bond acceptors (Lipinski definition) is 6. The third-order valence-corrected chi connectivity index (χ3v) is 3.49. The number of aryl methyl sites for hydroxylation is 1. The molecule has 0 spiro atoms. The second kappa shape index (κ2) is 7.37. The molecule has 126 valence electrons. The number of nitrogens with two attached hydrogens (primary N) is 1. The Labute approximate surface area is 144 Å². The van der Waals surface area contributed by atoms with E-state index in [2.05, 4.69) is 25.6 Å². The van der Waals surface area contributed by atoms with E-state index in [0.29, 0.717) is 11.6 Å². The lowest BCUT2D eigenvalue weighted by Gasteiger charge is -2.12. The molecular weight excluding hydrogens is 318 g/mol. The van der Waals surface area contributed by atoms with Crippen molar-refractivity contribution in [2.24, 2.45) is 5.84 Å². The maximum Gasteiger partial charge on any atom is 0.333 e. The van der Waals surface area contributed by atoms with Crippen LogP contribution < -0.4 is 21.9 Å². The number of rotatable bonds is 4. The van der Waals surface area contributed by atoms with Crippen LogP contribution in [0.4, 0.5) is 22.1 Å². The van der Waals surface area contributed by atoms with Crippen molar-refractivity contribution < 1.29 is 4.79 Å². The van der Waals surface area contributed by atoms with Crippen molar-refractivity contribution in [1.29, 1.82) is 0 Å². The van der Waals surface area contributed by atoms with E-state index in [-0.39, 0.29) is 0 Å². The summed E-state index contributed by atoms with van der Waals surface area (Å²) in [6.07, 6.45) is 5.13. The molecule has 8 nitrogen and oxygen atoms in total. The van der Waals surface area contributed by atoms with Crippen LogP contribution in [0.3, 0.4) is 0 Å². The van der Waals surface area contributed by atoms with Gasteiger partial charge in [-0.2, -0.15) is 0 Å². The Kier molecular flexibility index (Phi) is 4.82. The van der Waals surface area contributed by atoms with E-state index in [4.69, 9.17) is 5.84 Å². The summed E-state index contributed by atoms with van der Waals surface area (Å²) in [7, 11) is 0. The number of benzene rings is 1. The van der Waals surface area contributed by atoms with Gasteiger partial charge in [0.15, 0.2) is 0 Å². The number of hydrogen-bond donors (Lipinski definition) is 4. The highest BCUT2D eigenvalue weighted by Gasteiger charge is 2.07. The molecule has 1 aromatic carbocycles. The molecule has 3 aromatic rings. The van der Waals surface area contributed by atoms with Crippen LogP contribution in [0.1, 0.15) is 5.56 Å². The van der Waals surface area contributed by atoms with Gasteiger partial charge in [-0.1, -0.05) is 6.07 Å². The minimum atomic E-state index is -0.496. The van der Waals surface area contributed by atoms with Crippen LogP contribution in [0.25, 0.3) is 11.3 Å². The van der Waals surface area contributed by atoms with Crippen molar-refractivity contribution in [3.8, 4) is 11.3 Å². The largest absolute Gasteiger partial charge is 0.333 e. The number of nitrogens with zero attached hydrogens (tertiary/aromatic N) is 3. The first kappa shape index (κ1) is 16.3. The number of pyridine rings is 1. The second-order valence-corrected chi connectivity index (χ2v) is 5.26. The number of nitrogens with one attached hydrogen (secondary N) is 3. The van der Waals surface area contributed by atoms with E-state index in [1.807, 2.05) is 36.6 Å². The number of carbonyl (C=O) groups excluding carboxylic acids is 1. The van der Waals surface area contributed by atoms with Crippen molar-refractivity contribution in [3.05, 3.63) is 60.6 Å². The van der Waals surface area contributed by atoms with Crippen LogP contribution in [-0.2, 0) is 0 Å². The average Bonchev–Trinajstić information content (AvgIpc) is 2.65. The molecule has 0 aliphatic carbocycles.